The Hall–Kier alpha value is -0.650. The maximum atomic E-state index is 12.4. The SMILES string of the molecule is COCCCN(CCOC)C(=O)CC1(CN)CCC1. The van der Waals surface area contributed by atoms with Crippen LogP contribution in [0.25, 0.3) is 0 Å². The van der Waals surface area contributed by atoms with E-state index in [1.54, 1.807) is 14.2 Å². The molecular weight excluding hydrogens is 244 g/mol. The van der Waals surface area contributed by atoms with E-state index < -0.39 is 0 Å². The summed E-state index contributed by atoms with van der Waals surface area (Å²) in [5.41, 5.74) is 5.90. The van der Waals surface area contributed by atoms with Crippen LogP contribution < -0.4 is 5.73 Å². The molecule has 0 aromatic carbocycles. The van der Waals surface area contributed by atoms with E-state index in [4.69, 9.17) is 15.2 Å². The summed E-state index contributed by atoms with van der Waals surface area (Å²) in [5, 5.41) is 0. The predicted octanol–water partition coefficient (Wildman–Crippen LogP) is 1.02. The molecule has 5 heteroatoms. The number of hydrogen-bond acceptors (Lipinski definition) is 4. The standard InChI is InChI=1S/C14H28N2O3/c1-18-9-4-7-16(8-10-19-2)13(17)11-14(12-15)5-3-6-14/h3-12,15H2,1-2H3. The molecule has 1 rings (SSSR count). The Morgan fingerprint density at radius 3 is 2.37 bits per heavy atom. The van der Waals surface area contributed by atoms with Crippen LogP contribution in [0.3, 0.4) is 0 Å². The van der Waals surface area contributed by atoms with Crippen LogP contribution >= 0.6 is 0 Å². The molecule has 0 heterocycles. The molecule has 1 aliphatic carbocycles. The predicted molar refractivity (Wildman–Crippen MR) is 74.9 cm³/mol. The van der Waals surface area contributed by atoms with Gasteiger partial charge in [-0.3, -0.25) is 4.79 Å². The molecule has 0 saturated heterocycles. The highest BCUT2D eigenvalue weighted by Crippen LogP contribution is 2.43. The molecule has 0 aliphatic heterocycles. The van der Waals surface area contributed by atoms with Gasteiger partial charge in [-0.25, -0.2) is 0 Å². The van der Waals surface area contributed by atoms with E-state index >= 15 is 0 Å². The number of amides is 1. The Morgan fingerprint density at radius 1 is 1.21 bits per heavy atom. The van der Waals surface area contributed by atoms with Crippen molar-refractivity contribution in [3.8, 4) is 0 Å². The van der Waals surface area contributed by atoms with Crippen LogP contribution in [0, 0.1) is 5.41 Å². The number of ether oxygens (including phenoxy) is 2. The van der Waals surface area contributed by atoms with Gasteiger partial charge < -0.3 is 20.1 Å². The summed E-state index contributed by atoms with van der Waals surface area (Å²) in [6.45, 7) is 3.26. The van der Waals surface area contributed by atoms with Crippen molar-refractivity contribution in [2.75, 3.05) is 47.1 Å². The third-order valence-corrected chi connectivity index (χ3v) is 4.07. The average molecular weight is 272 g/mol. The van der Waals surface area contributed by atoms with Gasteiger partial charge in [-0.2, -0.15) is 0 Å². The van der Waals surface area contributed by atoms with E-state index in [1.807, 2.05) is 4.90 Å². The van der Waals surface area contributed by atoms with E-state index in [1.165, 1.54) is 6.42 Å². The number of hydrogen-bond donors (Lipinski definition) is 1. The Bertz CT molecular complexity index is 262. The second-order valence-corrected chi connectivity index (χ2v) is 5.45. The summed E-state index contributed by atoms with van der Waals surface area (Å²) < 4.78 is 10.1. The number of carbonyl (C=O) groups is 1. The van der Waals surface area contributed by atoms with Gasteiger partial charge >= 0.3 is 0 Å². The molecule has 1 amide bonds. The van der Waals surface area contributed by atoms with Crippen LogP contribution in [-0.2, 0) is 14.3 Å². The summed E-state index contributed by atoms with van der Waals surface area (Å²) in [5.74, 6) is 0.207. The summed E-state index contributed by atoms with van der Waals surface area (Å²) in [6.07, 6.45) is 4.82. The first-order valence-corrected chi connectivity index (χ1v) is 7.13. The minimum absolute atomic E-state index is 0.0731. The van der Waals surface area contributed by atoms with E-state index in [-0.39, 0.29) is 11.3 Å². The number of rotatable bonds is 10. The van der Waals surface area contributed by atoms with Crippen LogP contribution in [0.1, 0.15) is 32.1 Å². The van der Waals surface area contributed by atoms with Gasteiger partial charge in [0.15, 0.2) is 0 Å². The molecule has 0 aromatic heterocycles. The maximum Gasteiger partial charge on any atom is 0.223 e. The summed E-state index contributed by atoms with van der Waals surface area (Å²) in [7, 11) is 3.34. The second kappa shape index (κ2) is 8.51. The number of carbonyl (C=O) groups excluding carboxylic acids is 1. The Labute approximate surface area is 116 Å². The van der Waals surface area contributed by atoms with Gasteiger partial charge in [0.05, 0.1) is 6.61 Å². The highest BCUT2D eigenvalue weighted by Gasteiger charge is 2.38. The molecule has 2 N–H and O–H groups in total. The zero-order valence-electron chi connectivity index (χ0n) is 12.3. The first-order valence-electron chi connectivity index (χ1n) is 7.13. The van der Waals surface area contributed by atoms with Crippen LogP contribution in [-0.4, -0.2) is 57.9 Å². The van der Waals surface area contributed by atoms with Gasteiger partial charge in [0.25, 0.3) is 0 Å². The fraction of sp³-hybridized carbons (Fsp3) is 0.929. The van der Waals surface area contributed by atoms with Crippen molar-refractivity contribution in [2.45, 2.75) is 32.1 Å². The molecule has 5 nitrogen and oxygen atoms in total. The summed E-state index contributed by atoms with van der Waals surface area (Å²) >= 11 is 0. The monoisotopic (exact) mass is 272 g/mol. The van der Waals surface area contributed by atoms with Crippen molar-refractivity contribution in [3.63, 3.8) is 0 Å². The third-order valence-electron chi connectivity index (χ3n) is 4.07. The fourth-order valence-corrected chi connectivity index (χ4v) is 2.52. The van der Waals surface area contributed by atoms with Crippen LogP contribution in [0.4, 0.5) is 0 Å². The molecule has 1 fully saturated rings. The van der Waals surface area contributed by atoms with Crippen molar-refractivity contribution < 1.29 is 14.3 Å². The van der Waals surface area contributed by atoms with E-state index in [0.29, 0.717) is 32.7 Å². The lowest BCUT2D eigenvalue weighted by atomic mass is 9.66. The molecule has 19 heavy (non-hydrogen) atoms. The molecule has 112 valence electrons. The smallest absolute Gasteiger partial charge is 0.223 e. The summed E-state index contributed by atoms with van der Waals surface area (Å²) in [4.78, 5) is 14.3. The Balaban J connectivity index is 2.44. The van der Waals surface area contributed by atoms with Gasteiger partial charge in [0, 0.05) is 40.3 Å². The second-order valence-electron chi connectivity index (χ2n) is 5.45. The highest BCUT2D eigenvalue weighted by atomic mass is 16.5. The highest BCUT2D eigenvalue weighted by molar-refractivity contribution is 5.77. The van der Waals surface area contributed by atoms with Crippen molar-refractivity contribution in [3.05, 3.63) is 0 Å². The van der Waals surface area contributed by atoms with Crippen molar-refractivity contribution in [2.24, 2.45) is 11.1 Å². The summed E-state index contributed by atoms with van der Waals surface area (Å²) in [6, 6.07) is 0. The van der Waals surface area contributed by atoms with Crippen molar-refractivity contribution in [1.82, 2.24) is 4.90 Å². The van der Waals surface area contributed by atoms with Gasteiger partial charge in [0.1, 0.15) is 0 Å². The molecule has 0 atom stereocenters. The first-order chi connectivity index (χ1) is 9.17. The van der Waals surface area contributed by atoms with Gasteiger partial charge in [-0.1, -0.05) is 6.42 Å². The molecular formula is C14H28N2O3. The lowest BCUT2D eigenvalue weighted by Crippen LogP contribution is -2.44. The van der Waals surface area contributed by atoms with Gasteiger partial charge in [-0.15, -0.1) is 0 Å². The molecule has 0 radical (unpaired) electrons. The number of nitrogens with zero attached hydrogens (tertiary/aromatic N) is 1. The Kier molecular flexibility index (Phi) is 7.34. The normalized spacial score (nSPS) is 17.0. The largest absolute Gasteiger partial charge is 0.385 e. The lowest BCUT2D eigenvalue weighted by molar-refractivity contribution is -0.136. The maximum absolute atomic E-state index is 12.4. The molecule has 1 saturated carbocycles. The molecule has 0 unspecified atom stereocenters. The zero-order chi connectivity index (χ0) is 14.1. The third kappa shape index (κ3) is 5.09. The lowest BCUT2D eigenvalue weighted by Gasteiger charge is -2.41. The van der Waals surface area contributed by atoms with Gasteiger partial charge in [0.2, 0.25) is 5.91 Å². The molecule has 1 aliphatic rings. The quantitative estimate of drug-likeness (QED) is 0.603. The topological polar surface area (TPSA) is 64.8 Å². The minimum Gasteiger partial charge on any atom is -0.385 e. The van der Waals surface area contributed by atoms with E-state index in [9.17, 15) is 4.79 Å². The molecule has 0 spiro atoms. The van der Waals surface area contributed by atoms with E-state index in [2.05, 4.69) is 0 Å². The Morgan fingerprint density at radius 2 is 1.89 bits per heavy atom. The minimum atomic E-state index is 0.0731. The molecule has 0 aromatic rings. The number of nitrogens with two attached hydrogens (primary N) is 1. The van der Waals surface area contributed by atoms with E-state index in [0.717, 1.165) is 25.8 Å². The van der Waals surface area contributed by atoms with Crippen LogP contribution in [0.15, 0.2) is 0 Å². The van der Waals surface area contributed by atoms with Crippen LogP contribution in [0.5, 0.6) is 0 Å². The zero-order valence-corrected chi connectivity index (χ0v) is 12.3. The average Bonchev–Trinajstić information content (AvgIpc) is 2.37. The van der Waals surface area contributed by atoms with Crippen molar-refractivity contribution in [1.29, 1.82) is 0 Å². The van der Waals surface area contributed by atoms with Crippen molar-refractivity contribution >= 4 is 5.91 Å². The fourth-order valence-electron chi connectivity index (χ4n) is 2.52. The van der Waals surface area contributed by atoms with Gasteiger partial charge in [-0.05, 0) is 31.2 Å². The number of methoxy groups -OCH3 is 2. The molecule has 0 bridgehead atoms. The first kappa shape index (κ1) is 16.4. The van der Waals surface area contributed by atoms with Crippen LogP contribution in [0.2, 0.25) is 0 Å².